The second-order valence-corrected chi connectivity index (χ2v) is 3.66. The molecule has 64 valence electrons. The first-order valence-corrected chi connectivity index (χ1v) is 4.34. The molecule has 2 rings (SSSR count). The van der Waals surface area contributed by atoms with Crippen molar-refractivity contribution < 1.29 is 5.11 Å². The third kappa shape index (κ3) is 1.23. The summed E-state index contributed by atoms with van der Waals surface area (Å²) in [7, 11) is 0. The van der Waals surface area contributed by atoms with Gasteiger partial charge in [-0.2, -0.15) is 0 Å². The first kappa shape index (κ1) is 7.74. The third-order valence-corrected chi connectivity index (χ3v) is 2.62. The number of hydrogen-bond donors (Lipinski definition) is 1. The van der Waals surface area contributed by atoms with Crippen molar-refractivity contribution in [3.05, 3.63) is 30.1 Å². The zero-order chi connectivity index (χ0) is 8.60. The van der Waals surface area contributed by atoms with Gasteiger partial charge in [0.15, 0.2) is 0 Å². The lowest BCUT2D eigenvalue weighted by Gasteiger charge is -2.22. The highest BCUT2D eigenvalue weighted by Gasteiger charge is 2.41. The lowest BCUT2D eigenvalue weighted by Crippen LogP contribution is -2.23. The van der Waals surface area contributed by atoms with E-state index in [-0.39, 0.29) is 0 Å². The van der Waals surface area contributed by atoms with Crippen molar-refractivity contribution in [3.63, 3.8) is 0 Å². The molecule has 0 aromatic carbocycles. The van der Waals surface area contributed by atoms with Gasteiger partial charge in [-0.25, -0.2) is 0 Å². The molecule has 2 nitrogen and oxygen atoms in total. The molecule has 1 atom stereocenters. The summed E-state index contributed by atoms with van der Waals surface area (Å²) >= 11 is 0. The molecule has 1 aliphatic rings. The van der Waals surface area contributed by atoms with Crippen LogP contribution in [-0.4, -0.2) is 10.1 Å². The van der Waals surface area contributed by atoms with Crippen LogP contribution >= 0.6 is 0 Å². The lowest BCUT2D eigenvalue weighted by molar-refractivity contribution is 0.0327. The SMILES string of the molecule is C[C@@](O)(c1cccnc1)C1CC1. The maximum absolute atomic E-state index is 10.1. The number of nitrogens with zero attached hydrogens (tertiary/aromatic N) is 1. The number of rotatable bonds is 2. The van der Waals surface area contributed by atoms with Crippen LogP contribution in [0.1, 0.15) is 25.3 Å². The molecule has 1 aromatic rings. The second kappa shape index (κ2) is 2.56. The van der Waals surface area contributed by atoms with Crippen molar-refractivity contribution in [2.24, 2.45) is 5.92 Å². The van der Waals surface area contributed by atoms with Crippen LogP contribution in [0.25, 0.3) is 0 Å². The second-order valence-electron chi connectivity index (χ2n) is 3.66. The minimum atomic E-state index is -0.658. The molecule has 0 saturated heterocycles. The van der Waals surface area contributed by atoms with Crippen LogP contribution in [0.3, 0.4) is 0 Å². The largest absolute Gasteiger partial charge is 0.385 e. The maximum Gasteiger partial charge on any atom is 0.0911 e. The van der Waals surface area contributed by atoms with Crippen molar-refractivity contribution in [1.29, 1.82) is 0 Å². The third-order valence-electron chi connectivity index (χ3n) is 2.62. The minimum Gasteiger partial charge on any atom is -0.385 e. The lowest BCUT2D eigenvalue weighted by atomic mass is 9.92. The summed E-state index contributed by atoms with van der Waals surface area (Å²) in [4.78, 5) is 4.00. The molecule has 1 N–H and O–H groups in total. The van der Waals surface area contributed by atoms with E-state index in [1.807, 2.05) is 19.1 Å². The van der Waals surface area contributed by atoms with Gasteiger partial charge in [-0.15, -0.1) is 0 Å². The average molecular weight is 163 g/mol. The molecular formula is C10H13NO. The summed E-state index contributed by atoms with van der Waals surface area (Å²) in [6.07, 6.45) is 5.76. The molecule has 0 aliphatic heterocycles. The number of pyridine rings is 1. The topological polar surface area (TPSA) is 33.1 Å². The number of aliphatic hydroxyl groups is 1. The van der Waals surface area contributed by atoms with Crippen molar-refractivity contribution in [3.8, 4) is 0 Å². The van der Waals surface area contributed by atoms with Crippen LogP contribution in [-0.2, 0) is 5.60 Å². The fraction of sp³-hybridized carbons (Fsp3) is 0.500. The summed E-state index contributed by atoms with van der Waals surface area (Å²) in [5.74, 6) is 0.446. The van der Waals surface area contributed by atoms with Gasteiger partial charge in [0.05, 0.1) is 5.60 Å². The summed E-state index contributed by atoms with van der Waals surface area (Å²) in [5.41, 5.74) is 0.279. The van der Waals surface area contributed by atoms with E-state index in [9.17, 15) is 5.11 Å². The van der Waals surface area contributed by atoms with Gasteiger partial charge in [0.2, 0.25) is 0 Å². The maximum atomic E-state index is 10.1. The molecule has 1 aliphatic carbocycles. The standard InChI is InChI=1S/C10H13NO/c1-10(12,8-4-5-8)9-3-2-6-11-7-9/h2-3,6-8,12H,4-5H2,1H3/t10-/m0/s1. The Hall–Kier alpha value is -0.890. The van der Waals surface area contributed by atoms with Crippen LogP contribution < -0.4 is 0 Å². The minimum absolute atomic E-state index is 0.446. The fourth-order valence-electron chi connectivity index (χ4n) is 1.54. The molecule has 1 saturated carbocycles. The Balaban J connectivity index is 2.28. The van der Waals surface area contributed by atoms with Crippen molar-refractivity contribution in [2.45, 2.75) is 25.4 Å². The average Bonchev–Trinajstić information content (AvgIpc) is 2.88. The van der Waals surface area contributed by atoms with E-state index in [1.54, 1.807) is 12.4 Å². The van der Waals surface area contributed by atoms with Crippen molar-refractivity contribution in [1.82, 2.24) is 4.98 Å². The Kier molecular flexibility index (Phi) is 1.65. The van der Waals surface area contributed by atoms with Crippen LogP contribution in [0.5, 0.6) is 0 Å². The van der Waals surface area contributed by atoms with Gasteiger partial charge < -0.3 is 5.11 Å². The van der Waals surface area contributed by atoms with Gasteiger partial charge in [-0.1, -0.05) is 6.07 Å². The summed E-state index contributed by atoms with van der Waals surface area (Å²) in [6.45, 7) is 1.88. The van der Waals surface area contributed by atoms with Gasteiger partial charge in [-0.05, 0) is 31.7 Å². The van der Waals surface area contributed by atoms with E-state index < -0.39 is 5.60 Å². The summed E-state index contributed by atoms with van der Waals surface area (Å²) in [6, 6.07) is 3.80. The Labute approximate surface area is 72.3 Å². The van der Waals surface area contributed by atoms with Crippen molar-refractivity contribution in [2.75, 3.05) is 0 Å². The zero-order valence-corrected chi connectivity index (χ0v) is 7.20. The monoisotopic (exact) mass is 163 g/mol. The Morgan fingerprint density at radius 2 is 2.33 bits per heavy atom. The highest BCUT2D eigenvalue weighted by atomic mass is 16.3. The molecule has 1 heterocycles. The van der Waals surface area contributed by atoms with Crippen molar-refractivity contribution >= 4 is 0 Å². The Morgan fingerprint density at radius 3 is 2.83 bits per heavy atom. The van der Waals surface area contributed by atoms with Gasteiger partial charge in [0, 0.05) is 18.0 Å². The summed E-state index contributed by atoms with van der Waals surface area (Å²) in [5, 5.41) is 10.1. The number of hydrogen-bond acceptors (Lipinski definition) is 2. The first-order chi connectivity index (χ1) is 5.71. The molecular weight excluding hydrogens is 150 g/mol. The van der Waals surface area contributed by atoms with E-state index in [4.69, 9.17) is 0 Å². The molecule has 12 heavy (non-hydrogen) atoms. The Morgan fingerprint density at radius 1 is 1.58 bits per heavy atom. The van der Waals surface area contributed by atoms with Crippen LogP contribution in [0.4, 0.5) is 0 Å². The van der Waals surface area contributed by atoms with E-state index in [0.29, 0.717) is 5.92 Å². The smallest absolute Gasteiger partial charge is 0.0911 e. The summed E-state index contributed by atoms with van der Waals surface area (Å²) < 4.78 is 0. The highest BCUT2D eigenvalue weighted by molar-refractivity contribution is 5.19. The first-order valence-electron chi connectivity index (χ1n) is 4.34. The van der Waals surface area contributed by atoms with Gasteiger partial charge in [-0.3, -0.25) is 4.98 Å². The predicted octanol–water partition coefficient (Wildman–Crippen LogP) is 1.70. The molecule has 0 bridgehead atoms. The van der Waals surface area contributed by atoms with Crippen LogP contribution in [0.2, 0.25) is 0 Å². The Bertz CT molecular complexity index is 264. The molecule has 0 amide bonds. The van der Waals surface area contributed by atoms with E-state index >= 15 is 0 Å². The molecule has 1 aromatic heterocycles. The van der Waals surface area contributed by atoms with Gasteiger partial charge in [0.25, 0.3) is 0 Å². The molecule has 0 unspecified atom stereocenters. The molecule has 1 fully saturated rings. The molecule has 0 radical (unpaired) electrons. The van der Waals surface area contributed by atoms with Crippen LogP contribution in [0, 0.1) is 5.92 Å². The quantitative estimate of drug-likeness (QED) is 0.719. The zero-order valence-electron chi connectivity index (χ0n) is 7.20. The molecule has 2 heteroatoms. The van der Waals surface area contributed by atoms with E-state index in [2.05, 4.69) is 4.98 Å². The predicted molar refractivity (Wildman–Crippen MR) is 46.5 cm³/mol. The fourth-order valence-corrected chi connectivity index (χ4v) is 1.54. The molecule has 0 spiro atoms. The van der Waals surface area contributed by atoms with E-state index in [1.165, 1.54) is 0 Å². The normalized spacial score (nSPS) is 21.8. The highest BCUT2D eigenvalue weighted by Crippen LogP contribution is 2.44. The van der Waals surface area contributed by atoms with Gasteiger partial charge in [0.1, 0.15) is 0 Å². The van der Waals surface area contributed by atoms with E-state index in [0.717, 1.165) is 18.4 Å². The van der Waals surface area contributed by atoms with Gasteiger partial charge >= 0.3 is 0 Å². The van der Waals surface area contributed by atoms with Crippen LogP contribution in [0.15, 0.2) is 24.5 Å². The number of aromatic nitrogens is 1.